The monoisotopic (exact) mass is 275 g/mol. The van der Waals surface area contributed by atoms with Crippen LogP contribution in [0.3, 0.4) is 0 Å². The topological polar surface area (TPSA) is 47.6 Å². The molecular formula is C13H22ClNO3. The molecule has 0 spiro atoms. The van der Waals surface area contributed by atoms with E-state index in [1.54, 1.807) is 0 Å². The first kappa shape index (κ1) is 14.1. The van der Waals surface area contributed by atoms with Crippen LogP contribution in [-0.4, -0.2) is 43.8 Å². The van der Waals surface area contributed by atoms with Crippen LogP contribution in [0.15, 0.2) is 0 Å². The standard InChI is InChI=1S/C13H22ClNO3/c1-10-8-18-5-2-11(10)12(16)15-13(9-14)3-6-17-7-4-13/h10-11H,2-9H2,1H3,(H,15,16). The van der Waals surface area contributed by atoms with Crippen molar-refractivity contribution in [1.82, 2.24) is 5.32 Å². The molecule has 0 aromatic rings. The van der Waals surface area contributed by atoms with Crippen LogP contribution in [0.4, 0.5) is 0 Å². The number of rotatable bonds is 3. The summed E-state index contributed by atoms with van der Waals surface area (Å²) in [7, 11) is 0. The maximum atomic E-state index is 12.4. The molecule has 1 amide bonds. The van der Waals surface area contributed by atoms with Gasteiger partial charge in [-0.15, -0.1) is 11.6 Å². The van der Waals surface area contributed by atoms with Crippen LogP contribution in [-0.2, 0) is 14.3 Å². The Kier molecular flexibility index (Phi) is 4.87. The molecule has 2 fully saturated rings. The maximum Gasteiger partial charge on any atom is 0.224 e. The molecule has 0 aromatic heterocycles. The van der Waals surface area contributed by atoms with E-state index < -0.39 is 0 Å². The summed E-state index contributed by atoms with van der Waals surface area (Å²) in [4.78, 5) is 12.4. The molecule has 0 aromatic carbocycles. The van der Waals surface area contributed by atoms with Gasteiger partial charge in [-0.2, -0.15) is 0 Å². The van der Waals surface area contributed by atoms with Gasteiger partial charge >= 0.3 is 0 Å². The third kappa shape index (κ3) is 3.16. The first-order chi connectivity index (χ1) is 8.67. The molecule has 0 bridgehead atoms. The fraction of sp³-hybridized carbons (Fsp3) is 0.923. The molecule has 0 saturated carbocycles. The molecule has 5 heteroatoms. The second-order valence-corrected chi connectivity index (χ2v) is 5.73. The van der Waals surface area contributed by atoms with Gasteiger partial charge in [0.15, 0.2) is 0 Å². The Morgan fingerprint density at radius 1 is 1.33 bits per heavy atom. The van der Waals surface area contributed by atoms with Gasteiger partial charge in [0.1, 0.15) is 0 Å². The highest BCUT2D eigenvalue weighted by molar-refractivity contribution is 6.18. The van der Waals surface area contributed by atoms with Gasteiger partial charge in [0, 0.05) is 38.2 Å². The number of ether oxygens (including phenoxy) is 2. The number of amides is 1. The minimum Gasteiger partial charge on any atom is -0.381 e. The van der Waals surface area contributed by atoms with E-state index in [1.807, 2.05) is 0 Å². The van der Waals surface area contributed by atoms with Gasteiger partial charge in [-0.05, 0) is 25.2 Å². The van der Waals surface area contributed by atoms with Crippen molar-refractivity contribution >= 4 is 17.5 Å². The molecule has 2 aliphatic heterocycles. The Labute approximate surface area is 113 Å². The average Bonchev–Trinajstić information content (AvgIpc) is 2.40. The van der Waals surface area contributed by atoms with E-state index in [0.29, 0.717) is 32.3 Å². The molecule has 0 radical (unpaired) electrons. The van der Waals surface area contributed by atoms with E-state index in [4.69, 9.17) is 21.1 Å². The first-order valence-corrected chi connectivity index (χ1v) is 7.24. The Balaban J connectivity index is 1.95. The van der Waals surface area contributed by atoms with Crippen LogP contribution in [0, 0.1) is 11.8 Å². The lowest BCUT2D eigenvalue weighted by atomic mass is 9.86. The van der Waals surface area contributed by atoms with Crippen molar-refractivity contribution in [1.29, 1.82) is 0 Å². The zero-order valence-corrected chi connectivity index (χ0v) is 11.7. The molecule has 1 N–H and O–H groups in total. The summed E-state index contributed by atoms with van der Waals surface area (Å²) < 4.78 is 10.7. The zero-order chi connectivity index (χ0) is 13.0. The van der Waals surface area contributed by atoms with Crippen molar-refractivity contribution in [3.63, 3.8) is 0 Å². The maximum absolute atomic E-state index is 12.4. The number of alkyl halides is 1. The highest BCUT2D eigenvalue weighted by atomic mass is 35.5. The van der Waals surface area contributed by atoms with E-state index in [1.165, 1.54) is 0 Å². The minimum absolute atomic E-state index is 0.0571. The Bertz CT molecular complexity index is 292. The molecule has 2 unspecified atom stereocenters. The van der Waals surface area contributed by atoms with Crippen LogP contribution in [0.2, 0.25) is 0 Å². The normalized spacial score (nSPS) is 31.9. The highest BCUT2D eigenvalue weighted by Crippen LogP contribution is 2.26. The molecular weight excluding hydrogens is 254 g/mol. The predicted molar refractivity (Wildman–Crippen MR) is 69.7 cm³/mol. The number of carbonyl (C=O) groups excluding carboxylic acids is 1. The summed E-state index contributed by atoms with van der Waals surface area (Å²) in [6.45, 7) is 4.78. The van der Waals surface area contributed by atoms with Crippen LogP contribution >= 0.6 is 11.6 Å². The second kappa shape index (κ2) is 6.22. The van der Waals surface area contributed by atoms with Crippen molar-refractivity contribution in [2.45, 2.75) is 31.7 Å². The largest absolute Gasteiger partial charge is 0.381 e. The van der Waals surface area contributed by atoms with Gasteiger partial charge in [-0.25, -0.2) is 0 Å². The van der Waals surface area contributed by atoms with Crippen LogP contribution in [0.1, 0.15) is 26.2 Å². The third-order valence-electron chi connectivity index (χ3n) is 4.07. The molecule has 0 aliphatic carbocycles. The number of hydrogen-bond donors (Lipinski definition) is 1. The van der Waals surface area contributed by atoms with Crippen molar-refractivity contribution in [3.05, 3.63) is 0 Å². The fourth-order valence-electron chi connectivity index (χ4n) is 2.68. The van der Waals surface area contributed by atoms with Crippen LogP contribution in [0.5, 0.6) is 0 Å². The molecule has 2 rings (SSSR count). The summed E-state index contributed by atoms with van der Waals surface area (Å²) in [6, 6.07) is 0. The summed E-state index contributed by atoms with van der Waals surface area (Å²) in [6.07, 6.45) is 2.42. The molecule has 2 aliphatic rings. The van der Waals surface area contributed by atoms with E-state index >= 15 is 0 Å². The summed E-state index contributed by atoms with van der Waals surface area (Å²) in [5.41, 5.74) is -0.269. The fourth-order valence-corrected chi connectivity index (χ4v) is 3.01. The summed E-state index contributed by atoms with van der Waals surface area (Å²) in [5.74, 6) is 0.931. The van der Waals surface area contributed by atoms with Gasteiger partial charge in [-0.3, -0.25) is 4.79 Å². The minimum atomic E-state index is -0.269. The Morgan fingerprint density at radius 3 is 2.67 bits per heavy atom. The van der Waals surface area contributed by atoms with Crippen LogP contribution in [0.25, 0.3) is 0 Å². The smallest absolute Gasteiger partial charge is 0.224 e. The van der Waals surface area contributed by atoms with Crippen molar-refractivity contribution in [2.75, 3.05) is 32.3 Å². The van der Waals surface area contributed by atoms with Crippen molar-refractivity contribution in [2.24, 2.45) is 11.8 Å². The highest BCUT2D eigenvalue weighted by Gasteiger charge is 2.37. The SMILES string of the molecule is CC1COCCC1C(=O)NC1(CCl)CCOCC1. The Morgan fingerprint density at radius 2 is 2.06 bits per heavy atom. The molecule has 4 nitrogen and oxygen atoms in total. The lowest BCUT2D eigenvalue weighted by Gasteiger charge is -2.38. The quantitative estimate of drug-likeness (QED) is 0.796. The number of carbonyl (C=O) groups is 1. The van der Waals surface area contributed by atoms with Gasteiger partial charge in [0.2, 0.25) is 5.91 Å². The molecule has 18 heavy (non-hydrogen) atoms. The van der Waals surface area contributed by atoms with E-state index in [2.05, 4.69) is 12.2 Å². The number of halogens is 1. The van der Waals surface area contributed by atoms with Gasteiger partial charge in [0.25, 0.3) is 0 Å². The van der Waals surface area contributed by atoms with E-state index in [-0.39, 0.29) is 23.3 Å². The first-order valence-electron chi connectivity index (χ1n) is 6.70. The van der Waals surface area contributed by atoms with Gasteiger partial charge in [0.05, 0.1) is 5.54 Å². The second-order valence-electron chi connectivity index (χ2n) is 5.46. The van der Waals surface area contributed by atoms with E-state index in [0.717, 1.165) is 19.3 Å². The number of hydrogen-bond acceptors (Lipinski definition) is 3. The van der Waals surface area contributed by atoms with Crippen molar-refractivity contribution in [3.8, 4) is 0 Å². The number of nitrogens with one attached hydrogen (secondary N) is 1. The van der Waals surface area contributed by atoms with Crippen molar-refractivity contribution < 1.29 is 14.3 Å². The molecule has 2 saturated heterocycles. The third-order valence-corrected chi connectivity index (χ3v) is 4.58. The summed E-state index contributed by atoms with van der Waals surface area (Å²) >= 11 is 6.06. The molecule has 2 heterocycles. The molecule has 2 atom stereocenters. The lowest BCUT2D eigenvalue weighted by molar-refractivity contribution is -0.133. The van der Waals surface area contributed by atoms with Crippen LogP contribution < -0.4 is 5.32 Å². The van der Waals surface area contributed by atoms with Gasteiger partial charge in [-0.1, -0.05) is 6.92 Å². The molecule has 104 valence electrons. The average molecular weight is 276 g/mol. The van der Waals surface area contributed by atoms with E-state index in [9.17, 15) is 4.79 Å². The van der Waals surface area contributed by atoms with Gasteiger partial charge < -0.3 is 14.8 Å². The Hall–Kier alpha value is -0.320. The lowest BCUT2D eigenvalue weighted by Crippen LogP contribution is -2.56. The zero-order valence-electron chi connectivity index (χ0n) is 10.9. The predicted octanol–water partition coefficient (Wildman–Crippen LogP) is 1.56. The summed E-state index contributed by atoms with van der Waals surface area (Å²) in [5, 5.41) is 3.18.